The molecule has 6 heteroatoms. The van der Waals surface area contributed by atoms with Gasteiger partial charge in [-0.15, -0.1) is 0 Å². The third-order valence-electron chi connectivity index (χ3n) is 3.99. The lowest BCUT2D eigenvalue weighted by atomic mass is 10.2. The molecule has 27 heavy (non-hydrogen) atoms. The second-order valence-electron chi connectivity index (χ2n) is 6.01. The summed E-state index contributed by atoms with van der Waals surface area (Å²) < 4.78 is 18.8. The fraction of sp³-hybridized carbons (Fsp3) is 0.143. The predicted molar refractivity (Wildman–Crippen MR) is 109 cm³/mol. The number of hydrogen-bond acceptors (Lipinski definition) is 3. The summed E-state index contributed by atoms with van der Waals surface area (Å²) in [6, 6.07) is 17.9. The van der Waals surface area contributed by atoms with Crippen LogP contribution in [0.1, 0.15) is 11.1 Å². The van der Waals surface area contributed by atoms with Gasteiger partial charge in [0.05, 0.1) is 7.11 Å². The number of methoxy groups -OCH3 is 1. The molecule has 0 unspecified atom stereocenters. The molecule has 0 radical (unpaired) electrons. The largest absolute Gasteiger partial charge is 0.497 e. The van der Waals surface area contributed by atoms with Crippen LogP contribution >= 0.6 is 12.2 Å². The van der Waals surface area contributed by atoms with Crippen molar-refractivity contribution in [2.75, 3.05) is 12.4 Å². The van der Waals surface area contributed by atoms with Gasteiger partial charge in [-0.05, 0) is 65.8 Å². The molecule has 0 fully saturated rings. The zero-order valence-corrected chi connectivity index (χ0v) is 15.7. The molecular weight excluding hydrogens is 361 g/mol. The first-order valence-corrected chi connectivity index (χ1v) is 8.88. The van der Waals surface area contributed by atoms with E-state index in [0.717, 1.165) is 22.6 Å². The van der Waals surface area contributed by atoms with Gasteiger partial charge in [0.25, 0.3) is 0 Å². The number of nitrogens with one attached hydrogen (secondary N) is 1. The van der Waals surface area contributed by atoms with Crippen molar-refractivity contribution in [1.82, 2.24) is 9.88 Å². The summed E-state index contributed by atoms with van der Waals surface area (Å²) >= 11 is 5.62. The Bertz CT molecular complexity index is 887. The zero-order chi connectivity index (χ0) is 19.1. The van der Waals surface area contributed by atoms with Crippen LogP contribution < -0.4 is 10.1 Å². The highest BCUT2D eigenvalue weighted by Gasteiger charge is 2.12. The molecular formula is C21H20FN3OS. The Morgan fingerprint density at radius 2 is 1.81 bits per heavy atom. The van der Waals surface area contributed by atoms with Gasteiger partial charge in [-0.1, -0.05) is 18.2 Å². The monoisotopic (exact) mass is 381 g/mol. The van der Waals surface area contributed by atoms with Gasteiger partial charge in [0.1, 0.15) is 11.6 Å². The van der Waals surface area contributed by atoms with Crippen LogP contribution in [0.25, 0.3) is 0 Å². The maximum Gasteiger partial charge on any atom is 0.174 e. The molecule has 4 nitrogen and oxygen atoms in total. The number of anilines is 1. The first-order valence-electron chi connectivity index (χ1n) is 8.47. The van der Waals surface area contributed by atoms with Crippen molar-refractivity contribution in [3.8, 4) is 5.75 Å². The van der Waals surface area contributed by atoms with Gasteiger partial charge in [-0.3, -0.25) is 4.98 Å². The van der Waals surface area contributed by atoms with Crippen molar-refractivity contribution >= 4 is 23.0 Å². The quantitative estimate of drug-likeness (QED) is 0.630. The number of hydrogen-bond donors (Lipinski definition) is 1. The summed E-state index contributed by atoms with van der Waals surface area (Å²) in [5.74, 6) is 0.515. The maximum atomic E-state index is 13.6. The van der Waals surface area contributed by atoms with Gasteiger partial charge >= 0.3 is 0 Å². The second-order valence-corrected chi connectivity index (χ2v) is 6.39. The van der Waals surface area contributed by atoms with Gasteiger partial charge in [-0.2, -0.15) is 0 Å². The van der Waals surface area contributed by atoms with E-state index < -0.39 is 0 Å². The molecule has 1 heterocycles. The molecule has 138 valence electrons. The van der Waals surface area contributed by atoms with Gasteiger partial charge in [0.15, 0.2) is 5.11 Å². The standard InChI is InChI=1S/C21H20FN3OS/c1-26-20-9-7-19(8-10-20)24-21(27)25(15-17-5-3-11-23-13-17)14-16-4-2-6-18(22)12-16/h2-13H,14-15H2,1H3,(H,24,27). The van der Waals surface area contributed by atoms with Crippen LogP contribution in [0.4, 0.5) is 10.1 Å². The summed E-state index contributed by atoms with van der Waals surface area (Å²) in [6.45, 7) is 1.04. The lowest BCUT2D eigenvalue weighted by Gasteiger charge is -2.26. The van der Waals surface area contributed by atoms with Crippen LogP contribution in [-0.4, -0.2) is 22.1 Å². The summed E-state index contributed by atoms with van der Waals surface area (Å²) in [6.07, 6.45) is 3.53. The van der Waals surface area contributed by atoms with Gasteiger partial charge < -0.3 is 15.0 Å². The zero-order valence-electron chi connectivity index (χ0n) is 14.9. The van der Waals surface area contributed by atoms with Crippen LogP contribution in [0.5, 0.6) is 5.75 Å². The molecule has 0 saturated heterocycles. The molecule has 0 spiro atoms. The van der Waals surface area contributed by atoms with Crippen molar-refractivity contribution in [2.24, 2.45) is 0 Å². The fourth-order valence-corrected chi connectivity index (χ4v) is 2.89. The Hall–Kier alpha value is -2.99. The van der Waals surface area contributed by atoms with Crippen LogP contribution in [0.3, 0.4) is 0 Å². The predicted octanol–water partition coefficient (Wildman–Crippen LogP) is 4.63. The molecule has 0 aliphatic heterocycles. The van der Waals surface area contributed by atoms with Gasteiger partial charge in [-0.25, -0.2) is 4.39 Å². The van der Waals surface area contributed by atoms with E-state index in [0.29, 0.717) is 18.2 Å². The fourth-order valence-electron chi connectivity index (χ4n) is 2.64. The molecule has 0 aliphatic rings. The normalized spacial score (nSPS) is 10.3. The first-order chi connectivity index (χ1) is 13.1. The summed E-state index contributed by atoms with van der Waals surface area (Å²) in [4.78, 5) is 6.13. The number of aromatic nitrogens is 1. The van der Waals surface area contributed by atoms with Crippen LogP contribution in [0.2, 0.25) is 0 Å². The molecule has 2 aromatic carbocycles. The minimum Gasteiger partial charge on any atom is -0.497 e. The number of ether oxygens (including phenoxy) is 1. The molecule has 3 aromatic rings. The summed E-state index contributed by atoms with van der Waals surface area (Å²) in [7, 11) is 1.63. The summed E-state index contributed by atoms with van der Waals surface area (Å²) in [5.41, 5.74) is 2.72. The maximum absolute atomic E-state index is 13.6. The lowest BCUT2D eigenvalue weighted by Crippen LogP contribution is -2.33. The van der Waals surface area contributed by atoms with Crippen molar-refractivity contribution in [2.45, 2.75) is 13.1 Å². The van der Waals surface area contributed by atoms with E-state index in [2.05, 4.69) is 10.3 Å². The van der Waals surface area contributed by atoms with E-state index in [1.807, 2.05) is 47.4 Å². The highest BCUT2D eigenvalue weighted by molar-refractivity contribution is 7.80. The Balaban J connectivity index is 1.77. The van der Waals surface area contributed by atoms with Crippen molar-refractivity contribution < 1.29 is 9.13 Å². The third-order valence-corrected chi connectivity index (χ3v) is 4.35. The molecule has 0 atom stereocenters. The topological polar surface area (TPSA) is 37.4 Å². The third kappa shape index (κ3) is 5.49. The summed E-state index contributed by atoms with van der Waals surface area (Å²) in [5, 5.41) is 3.79. The molecule has 3 rings (SSSR count). The van der Waals surface area contributed by atoms with E-state index in [9.17, 15) is 4.39 Å². The van der Waals surface area contributed by atoms with E-state index in [1.54, 1.807) is 25.6 Å². The minimum absolute atomic E-state index is 0.261. The number of benzene rings is 2. The number of halogens is 1. The van der Waals surface area contributed by atoms with E-state index in [4.69, 9.17) is 17.0 Å². The van der Waals surface area contributed by atoms with Gasteiger partial charge in [0.2, 0.25) is 0 Å². The number of nitrogens with zero attached hydrogens (tertiary/aromatic N) is 2. The number of rotatable bonds is 6. The smallest absolute Gasteiger partial charge is 0.174 e. The van der Waals surface area contributed by atoms with Crippen LogP contribution in [0.15, 0.2) is 73.1 Å². The van der Waals surface area contributed by atoms with E-state index >= 15 is 0 Å². The number of thiocarbonyl (C=S) groups is 1. The minimum atomic E-state index is -0.261. The average molecular weight is 381 g/mol. The lowest BCUT2D eigenvalue weighted by molar-refractivity contribution is 0.411. The Kier molecular flexibility index (Phi) is 6.33. The van der Waals surface area contributed by atoms with Crippen molar-refractivity contribution in [1.29, 1.82) is 0 Å². The SMILES string of the molecule is COc1ccc(NC(=S)N(Cc2cccnc2)Cc2cccc(F)c2)cc1. The molecule has 0 aliphatic carbocycles. The van der Waals surface area contributed by atoms with Crippen molar-refractivity contribution in [3.63, 3.8) is 0 Å². The molecule has 1 N–H and O–H groups in total. The highest BCUT2D eigenvalue weighted by Crippen LogP contribution is 2.17. The molecule has 0 saturated carbocycles. The van der Waals surface area contributed by atoms with Crippen molar-refractivity contribution in [3.05, 3.63) is 90.0 Å². The van der Waals surface area contributed by atoms with Gasteiger partial charge in [0, 0.05) is 31.2 Å². The Morgan fingerprint density at radius 1 is 1.07 bits per heavy atom. The second kappa shape index (κ2) is 9.09. The van der Waals surface area contributed by atoms with Crippen LogP contribution in [-0.2, 0) is 13.1 Å². The Labute approximate surface area is 163 Å². The molecule has 1 aromatic heterocycles. The number of pyridine rings is 1. The molecule has 0 bridgehead atoms. The Morgan fingerprint density at radius 3 is 2.48 bits per heavy atom. The highest BCUT2D eigenvalue weighted by atomic mass is 32.1. The van der Waals surface area contributed by atoms with E-state index in [-0.39, 0.29) is 5.82 Å². The first kappa shape index (κ1) is 18.8. The molecule has 0 amide bonds. The van der Waals surface area contributed by atoms with E-state index in [1.165, 1.54) is 12.1 Å². The van der Waals surface area contributed by atoms with Crippen LogP contribution in [0, 0.1) is 5.82 Å². The average Bonchev–Trinajstić information content (AvgIpc) is 2.69.